The monoisotopic (exact) mass is 1010 g/mol. The van der Waals surface area contributed by atoms with E-state index in [1.165, 1.54) is 77.0 Å². The van der Waals surface area contributed by atoms with Gasteiger partial charge < -0.3 is 28.5 Å². The number of quaternary nitrogens is 1. The Morgan fingerprint density at radius 2 is 0.986 bits per heavy atom. The predicted molar refractivity (Wildman–Crippen MR) is 302 cm³/mol. The number of rotatable bonds is 49. The molecule has 3 atom stereocenters. The molecule has 0 radical (unpaired) electrons. The Hall–Kier alpha value is -3.33. The summed E-state index contributed by atoms with van der Waals surface area (Å²) < 4.78 is 30.2. The van der Waals surface area contributed by atoms with E-state index in [0.29, 0.717) is 23.9 Å². The van der Waals surface area contributed by atoms with Crippen LogP contribution in [0.1, 0.15) is 213 Å². The molecule has 0 aromatic heterocycles. The van der Waals surface area contributed by atoms with Crippen LogP contribution in [0.5, 0.6) is 0 Å². The zero-order chi connectivity index (χ0) is 52.2. The number of likely N-dealkylation sites (N-methyl/N-ethyl adjacent to an activating group) is 1. The average molecular weight is 1010 g/mol. The van der Waals surface area contributed by atoms with Crippen molar-refractivity contribution in [1.82, 2.24) is 5.32 Å². The number of ether oxygens (including phenoxy) is 1. The summed E-state index contributed by atoms with van der Waals surface area (Å²) in [4.78, 5) is 39.8. The molecule has 0 fully saturated rings. The van der Waals surface area contributed by atoms with Crippen LogP contribution in [0.25, 0.3) is 0 Å². The van der Waals surface area contributed by atoms with Crippen LogP contribution in [0.15, 0.2) is 109 Å². The zero-order valence-electron chi connectivity index (χ0n) is 46.1. The second-order valence-electron chi connectivity index (χ2n) is 19.7. The van der Waals surface area contributed by atoms with Gasteiger partial charge >= 0.3 is 5.97 Å². The van der Waals surface area contributed by atoms with E-state index in [9.17, 15) is 19.0 Å². The lowest BCUT2D eigenvalue weighted by molar-refractivity contribution is -0.870. The van der Waals surface area contributed by atoms with E-state index in [0.717, 1.165) is 89.9 Å². The number of allylic oxidation sites excluding steroid dienone is 17. The van der Waals surface area contributed by atoms with Crippen molar-refractivity contribution in [2.75, 3.05) is 40.9 Å². The van der Waals surface area contributed by atoms with Gasteiger partial charge in [0, 0.05) is 12.8 Å². The summed E-state index contributed by atoms with van der Waals surface area (Å²) in [5.41, 5.74) is 0. The summed E-state index contributed by atoms with van der Waals surface area (Å²) >= 11 is 0. The van der Waals surface area contributed by atoms with Crippen molar-refractivity contribution in [2.24, 2.45) is 0 Å². The molecule has 0 spiro atoms. The van der Waals surface area contributed by atoms with Gasteiger partial charge in [-0.15, -0.1) is 0 Å². The fourth-order valence-electron chi connectivity index (χ4n) is 7.44. The average Bonchev–Trinajstić information content (AvgIpc) is 3.33. The lowest BCUT2D eigenvalue weighted by Gasteiger charge is -2.30. The van der Waals surface area contributed by atoms with E-state index in [-0.39, 0.29) is 31.3 Å². The molecule has 9 nitrogen and oxygen atoms in total. The van der Waals surface area contributed by atoms with E-state index in [1.807, 2.05) is 33.3 Å². The van der Waals surface area contributed by atoms with Gasteiger partial charge in [-0.25, -0.2) is 0 Å². The highest BCUT2D eigenvalue weighted by atomic mass is 31.2. The van der Waals surface area contributed by atoms with Gasteiger partial charge in [-0.05, 0) is 89.5 Å². The Balaban J connectivity index is 5.51. The van der Waals surface area contributed by atoms with E-state index in [4.69, 9.17) is 13.8 Å². The molecule has 71 heavy (non-hydrogen) atoms. The zero-order valence-corrected chi connectivity index (χ0v) is 47.0. The number of phosphoric ester groups is 1. The fourth-order valence-corrected chi connectivity index (χ4v) is 8.16. The van der Waals surface area contributed by atoms with Crippen LogP contribution in [0.2, 0.25) is 0 Å². The summed E-state index contributed by atoms with van der Waals surface area (Å²) in [6.07, 6.45) is 67.7. The lowest BCUT2D eigenvalue weighted by atomic mass is 10.0. The summed E-state index contributed by atoms with van der Waals surface area (Å²) in [7, 11) is 1.12. The number of esters is 1. The summed E-state index contributed by atoms with van der Waals surface area (Å²) in [5.74, 6) is -0.632. The highest BCUT2D eigenvalue weighted by Crippen LogP contribution is 2.38. The molecule has 0 aliphatic carbocycles. The lowest BCUT2D eigenvalue weighted by Crippen LogP contribution is -2.47. The Kier molecular flexibility index (Phi) is 47.9. The van der Waals surface area contributed by atoms with Crippen molar-refractivity contribution in [3.8, 4) is 0 Å². The van der Waals surface area contributed by atoms with E-state index >= 15 is 0 Å². The van der Waals surface area contributed by atoms with Gasteiger partial charge in [0.25, 0.3) is 7.82 Å². The molecule has 0 aliphatic rings. The molecule has 3 unspecified atom stereocenters. The van der Waals surface area contributed by atoms with Crippen LogP contribution in [0, 0.1) is 0 Å². The van der Waals surface area contributed by atoms with Crippen LogP contribution in [0.3, 0.4) is 0 Å². The summed E-state index contributed by atoms with van der Waals surface area (Å²) in [5, 5.41) is 2.98. The minimum Gasteiger partial charge on any atom is -0.756 e. The molecule has 1 N–H and O–H groups in total. The van der Waals surface area contributed by atoms with E-state index in [2.05, 4.69) is 123 Å². The van der Waals surface area contributed by atoms with Gasteiger partial charge in [0.2, 0.25) is 5.91 Å². The van der Waals surface area contributed by atoms with Gasteiger partial charge in [0.15, 0.2) is 0 Å². The molecule has 0 saturated carbocycles. The molecule has 0 aromatic rings. The Labute approximate surface area is 436 Å². The third kappa shape index (κ3) is 51.4. The number of nitrogens with one attached hydrogen (secondary N) is 1. The standard InChI is InChI=1S/C61H105N2O7P/c1-7-10-13-16-19-22-25-28-30-31-33-35-38-41-44-47-50-53-60(64)62-58(57-69-71(66,67)68-56-55-63(4,5)6)59(52-49-46-43-40-37-34-27-24-21-18-15-12-9-3)70-61(65)54-51-48-45-42-39-36-32-29-26-23-20-17-14-11-8-2/h10-11,13-14,17,19-20,22-23,26,28,30,33,35,41,44,49,52,58-59H,7-9,12,15-16,18,21,24-25,27,29,31-32,34,36-40,42-43,45-48,50-51,53-57H2,1-6H3,(H-,62,64,66,67)/b13-10-,14-11+,20-17+,22-19-,26-23+,30-28-,35-33-,44-41-,52-49+. The number of carbonyl (C=O) groups is 2. The third-order valence-electron chi connectivity index (χ3n) is 11.8. The Morgan fingerprint density at radius 3 is 1.52 bits per heavy atom. The summed E-state index contributed by atoms with van der Waals surface area (Å²) in [6.45, 7) is 6.52. The molecule has 0 aromatic carbocycles. The maximum Gasteiger partial charge on any atom is 0.306 e. The van der Waals surface area contributed by atoms with Crippen molar-refractivity contribution in [2.45, 2.75) is 226 Å². The van der Waals surface area contributed by atoms with Crippen molar-refractivity contribution >= 4 is 19.7 Å². The normalized spacial score (nSPS) is 14.6. The van der Waals surface area contributed by atoms with Crippen LogP contribution in [-0.2, 0) is 27.9 Å². The number of unbranched alkanes of at least 4 members (excludes halogenated alkanes) is 19. The maximum absolute atomic E-state index is 13.5. The van der Waals surface area contributed by atoms with Crippen molar-refractivity contribution in [3.05, 3.63) is 109 Å². The maximum atomic E-state index is 13.5. The first kappa shape index (κ1) is 67.7. The number of carbonyl (C=O) groups excluding carboxylic acids is 2. The highest BCUT2D eigenvalue weighted by molar-refractivity contribution is 7.45. The summed E-state index contributed by atoms with van der Waals surface area (Å²) in [6, 6.07) is -0.929. The highest BCUT2D eigenvalue weighted by Gasteiger charge is 2.27. The van der Waals surface area contributed by atoms with Gasteiger partial charge in [-0.2, -0.15) is 0 Å². The number of nitrogens with zero attached hydrogens (tertiary/aromatic N) is 1. The second-order valence-corrected chi connectivity index (χ2v) is 21.1. The van der Waals surface area contributed by atoms with Crippen LogP contribution < -0.4 is 10.2 Å². The Bertz CT molecular complexity index is 1580. The van der Waals surface area contributed by atoms with E-state index < -0.39 is 26.6 Å². The predicted octanol–water partition coefficient (Wildman–Crippen LogP) is 16.4. The van der Waals surface area contributed by atoms with Crippen molar-refractivity contribution in [1.29, 1.82) is 0 Å². The fraction of sp³-hybridized carbons (Fsp3) is 0.672. The molecule has 0 rings (SSSR count). The largest absolute Gasteiger partial charge is 0.756 e. The number of amides is 1. The molecule has 0 heterocycles. The third-order valence-corrected chi connectivity index (χ3v) is 12.7. The van der Waals surface area contributed by atoms with Crippen LogP contribution >= 0.6 is 7.82 Å². The number of hydrogen-bond donors (Lipinski definition) is 1. The van der Waals surface area contributed by atoms with Crippen LogP contribution in [0.4, 0.5) is 0 Å². The topological polar surface area (TPSA) is 114 Å². The van der Waals surface area contributed by atoms with Gasteiger partial charge in [0.1, 0.15) is 19.3 Å². The molecular weight excluding hydrogens is 904 g/mol. The number of hydrogen-bond acceptors (Lipinski definition) is 7. The minimum absolute atomic E-state index is 0.0407. The molecule has 406 valence electrons. The van der Waals surface area contributed by atoms with Crippen molar-refractivity contribution < 1.29 is 37.3 Å². The van der Waals surface area contributed by atoms with Crippen LogP contribution in [-0.4, -0.2) is 69.4 Å². The number of phosphoric acid groups is 1. The molecule has 0 saturated heterocycles. The first-order chi connectivity index (χ1) is 34.4. The smallest absolute Gasteiger partial charge is 0.306 e. The molecular formula is C61H105N2O7P. The van der Waals surface area contributed by atoms with Gasteiger partial charge in [0.05, 0.1) is 33.8 Å². The molecule has 1 amide bonds. The molecule has 0 aliphatic heterocycles. The minimum atomic E-state index is -4.72. The first-order valence-corrected chi connectivity index (χ1v) is 29.7. The van der Waals surface area contributed by atoms with Gasteiger partial charge in [-0.3, -0.25) is 14.2 Å². The quantitative estimate of drug-likeness (QED) is 0.0161. The first-order valence-electron chi connectivity index (χ1n) is 28.2. The van der Waals surface area contributed by atoms with Gasteiger partial charge in [-0.1, -0.05) is 220 Å². The molecule has 10 heteroatoms. The van der Waals surface area contributed by atoms with E-state index in [1.54, 1.807) is 0 Å². The molecule has 0 bridgehead atoms. The van der Waals surface area contributed by atoms with Crippen molar-refractivity contribution in [3.63, 3.8) is 0 Å². The second kappa shape index (κ2) is 50.2. The Morgan fingerprint density at radius 1 is 0.521 bits per heavy atom. The SMILES string of the molecule is CC/C=C\C/C=C\C/C=C\C/C=C\C/C=C\CCCC(=O)NC(COP(=O)([O-])OCC[N+](C)(C)C)C(/C=C/CCCCCCCCCCCCC)OC(=O)CCCCCCCCC/C=C/C=C/C=C/CC.